The summed E-state index contributed by atoms with van der Waals surface area (Å²) in [5, 5.41) is 0.678. The van der Waals surface area contributed by atoms with E-state index in [1.807, 2.05) is 0 Å². The van der Waals surface area contributed by atoms with Crippen LogP contribution in [0.4, 0.5) is 65.9 Å². The number of carbonyl (C=O) groups excluding carboxylic acids is 3. The minimum absolute atomic E-state index is 0.258. The molecule has 21 heteroatoms. The second kappa shape index (κ2) is 10.4. The van der Waals surface area contributed by atoms with E-state index in [4.69, 9.17) is 0 Å². The molecule has 0 aromatic heterocycles. The van der Waals surface area contributed by atoms with Crippen molar-refractivity contribution in [2.45, 2.75) is 42.4 Å². The highest BCUT2D eigenvalue weighted by Crippen LogP contribution is 2.40. The first-order chi connectivity index (χ1) is 16.8. The molecule has 0 bridgehead atoms. The predicted octanol–water partition coefficient (Wildman–Crippen LogP) is 4.89. The Morgan fingerprint density at radius 3 is 1.53 bits per heavy atom. The Balaban J connectivity index is 3.49. The van der Waals surface area contributed by atoms with Gasteiger partial charge in [-0.05, 0) is 6.07 Å². The lowest BCUT2D eigenvalue weighted by Crippen LogP contribution is -2.51. The molecule has 0 spiro atoms. The molecule has 1 amide bonds. The highest BCUT2D eigenvalue weighted by molar-refractivity contribution is 5.84. The van der Waals surface area contributed by atoms with Gasteiger partial charge in [0.15, 0.2) is 0 Å². The standard InChI is InChI=1S/C17H8F15NO5/c18-12(19,15(24,25)26)9(34)33-5-8(38-11(36)14(22,23)17(30,31)32)6-3-1-2-4-7(6)37-10(35)13(20,21)16(27,28)29/h1-4,8H,5H2,(H,33,34). The zero-order chi connectivity index (χ0) is 30.1. The van der Waals surface area contributed by atoms with Gasteiger partial charge in [0.1, 0.15) is 11.9 Å². The van der Waals surface area contributed by atoms with Gasteiger partial charge in [-0.3, -0.25) is 4.79 Å². The van der Waals surface area contributed by atoms with Gasteiger partial charge in [-0.15, -0.1) is 0 Å². The zero-order valence-corrected chi connectivity index (χ0v) is 17.3. The van der Waals surface area contributed by atoms with Crippen LogP contribution in [0.2, 0.25) is 0 Å². The topological polar surface area (TPSA) is 81.7 Å². The molecule has 38 heavy (non-hydrogen) atoms. The normalized spacial score (nSPS) is 14.5. The van der Waals surface area contributed by atoms with Crippen LogP contribution in [0.25, 0.3) is 0 Å². The van der Waals surface area contributed by atoms with Crippen molar-refractivity contribution in [3.8, 4) is 5.75 Å². The van der Waals surface area contributed by atoms with Gasteiger partial charge in [0.05, 0.1) is 6.54 Å². The van der Waals surface area contributed by atoms with Crippen molar-refractivity contribution in [1.29, 1.82) is 0 Å². The molecule has 1 aromatic carbocycles. The van der Waals surface area contributed by atoms with Gasteiger partial charge in [-0.1, -0.05) is 18.2 Å². The number of ether oxygens (including phenoxy) is 2. The maximum atomic E-state index is 13.3. The minimum atomic E-state index is -6.69. The Labute approximate surface area is 198 Å². The SMILES string of the molecule is O=C(NCC(OC(=O)C(F)(F)C(F)(F)F)c1ccccc1OC(=O)C(F)(F)C(F)(F)F)C(F)(F)C(F)(F)F. The Morgan fingerprint density at radius 2 is 1.08 bits per heavy atom. The number of hydrogen-bond donors (Lipinski definition) is 1. The molecule has 216 valence electrons. The van der Waals surface area contributed by atoms with E-state index < -0.39 is 78.1 Å². The molecule has 6 nitrogen and oxygen atoms in total. The lowest BCUT2D eigenvalue weighted by atomic mass is 10.1. The number of benzene rings is 1. The molecule has 0 fully saturated rings. The summed E-state index contributed by atoms with van der Waals surface area (Å²) in [5.41, 5.74) is -1.40. The van der Waals surface area contributed by atoms with Crippen molar-refractivity contribution in [3.05, 3.63) is 29.8 Å². The third-order valence-corrected chi connectivity index (χ3v) is 4.03. The van der Waals surface area contributed by atoms with E-state index in [0.717, 1.165) is 0 Å². The number of carbonyl (C=O) groups is 3. The molecule has 0 aliphatic rings. The number of halogens is 15. The number of alkyl halides is 15. The van der Waals surface area contributed by atoms with Crippen LogP contribution in [0.3, 0.4) is 0 Å². The van der Waals surface area contributed by atoms with Gasteiger partial charge in [-0.2, -0.15) is 65.9 Å². The van der Waals surface area contributed by atoms with Crippen molar-refractivity contribution in [1.82, 2.24) is 5.32 Å². The van der Waals surface area contributed by atoms with E-state index >= 15 is 0 Å². The van der Waals surface area contributed by atoms with Crippen LogP contribution < -0.4 is 10.1 Å². The summed E-state index contributed by atoms with van der Waals surface area (Å²) in [6.45, 7) is -2.05. The highest BCUT2D eigenvalue weighted by Gasteiger charge is 2.67. The second-order valence-electron chi connectivity index (χ2n) is 6.75. The maximum absolute atomic E-state index is 13.3. The Kier molecular flexibility index (Phi) is 8.91. The quantitative estimate of drug-likeness (QED) is 0.265. The summed E-state index contributed by atoms with van der Waals surface area (Å²) in [6, 6.07) is 1.88. The van der Waals surface area contributed by atoms with Crippen LogP contribution in [-0.2, 0) is 19.1 Å². The number of rotatable bonds is 8. The molecule has 0 heterocycles. The molecule has 1 N–H and O–H groups in total. The van der Waals surface area contributed by atoms with Crippen molar-refractivity contribution in [2.24, 2.45) is 0 Å². The number of nitrogens with one attached hydrogen (secondary N) is 1. The number of amides is 1. The van der Waals surface area contributed by atoms with Crippen LogP contribution >= 0.6 is 0 Å². The summed E-state index contributed by atoms with van der Waals surface area (Å²) >= 11 is 0. The minimum Gasteiger partial charge on any atom is -0.451 e. The molecule has 0 aliphatic carbocycles. The molecule has 0 saturated heterocycles. The average Bonchev–Trinajstić information content (AvgIpc) is 2.74. The van der Waals surface area contributed by atoms with Gasteiger partial charge in [0, 0.05) is 5.56 Å². The van der Waals surface area contributed by atoms with E-state index in [0.29, 0.717) is 23.5 Å². The van der Waals surface area contributed by atoms with Crippen LogP contribution in [-0.4, -0.2) is 60.7 Å². The second-order valence-corrected chi connectivity index (χ2v) is 6.75. The molecule has 1 atom stereocenters. The fourth-order valence-electron chi connectivity index (χ4n) is 2.08. The largest absolute Gasteiger partial charge is 0.465 e. The van der Waals surface area contributed by atoms with E-state index in [9.17, 15) is 80.2 Å². The van der Waals surface area contributed by atoms with Crippen LogP contribution in [0.15, 0.2) is 24.3 Å². The van der Waals surface area contributed by atoms with Crippen LogP contribution in [0, 0.1) is 0 Å². The predicted molar refractivity (Wildman–Crippen MR) is 86.9 cm³/mol. The Hall–Kier alpha value is -3.42. The molecule has 0 aliphatic heterocycles. The van der Waals surface area contributed by atoms with Crippen LogP contribution in [0.5, 0.6) is 5.75 Å². The third kappa shape index (κ3) is 6.71. The first kappa shape index (κ1) is 32.6. The van der Waals surface area contributed by atoms with Gasteiger partial charge in [0.25, 0.3) is 0 Å². The van der Waals surface area contributed by atoms with E-state index in [2.05, 4.69) is 9.47 Å². The molecule has 0 saturated carbocycles. The monoisotopic (exact) mass is 591 g/mol. The molecule has 0 radical (unpaired) electrons. The molecule has 1 unspecified atom stereocenters. The molecular formula is C17H8F15NO5. The summed E-state index contributed by atoms with van der Waals surface area (Å²) in [6.07, 6.45) is -22.9. The first-order valence-corrected chi connectivity index (χ1v) is 8.92. The first-order valence-electron chi connectivity index (χ1n) is 8.92. The summed E-state index contributed by atoms with van der Waals surface area (Å²) < 4.78 is 198. The Morgan fingerprint density at radius 1 is 0.658 bits per heavy atom. The summed E-state index contributed by atoms with van der Waals surface area (Å²) in [7, 11) is 0. The van der Waals surface area contributed by atoms with Crippen molar-refractivity contribution >= 4 is 17.8 Å². The lowest BCUT2D eigenvalue weighted by molar-refractivity contribution is -0.282. The highest BCUT2D eigenvalue weighted by atomic mass is 19.4. The van der Waals surface area contributed by atoms with E-state index in [1.165, 1.54) is 0 Å². The van der Waals surface area contributed by atoms with Gasteiger partial charge in [0.2, 0.25) is 0 Å². The lowest BCUT2D eigenvalue weighted by Gasteiger charge is -2.26. The third-order valence-electron chi connectivity index (χ3n) is 4.03. The fourth-order valence-corrected chi connectivity index (χ4v) is 2.08. The average molecular weight is 591 g/mol. The van der Waals surface area contributed by atoms with Crippen molar-refractivity contribution in [2.75, 3.05) is 6.54 Å². The number of para-hydroxylation sites is 1. The van der Waals surface area contributed by atoms with Crippen molar-refractivity contribution < 1.29 is 89.7 Å². The van der Waals surface area contributed by atoms with Gasteiger partial charge >= 0.3 is 54.1 Å². The Bertz CT molecular complexity index is 1050. The van der Waals surface area contributed by atoms with Gasteiger partial charge in [-0.25, -0.2) is 9.59 Å². The van der Waals surface area contributed by atoms with Crippen molar-refractivity contribution in [3.63, 3.8) is 0 Å². The summed E-state index contributed by atoms with van der Waals surface area (Å²) in [4.78, 5) is 34.0. The fraction of sp³-hybridized carbons (Fsp3) is 0.471. The van der Waals surface area contributed by atoms with E-state index in [-0.39, 0.29) is 6.07 Å². The summed E-state index contributed by atoms with van der Waals surface area (Å²) in [5.74, 6) is -30.8. The van der Waals surface area contributed by atoms with Crippen LogP contribution in [0.1, 0.15) is 11.7 Å². The van der Waals surface area contributed by atoms with Gasteiger partial charge < -0.3 is 14.8 Å². The van der Waals surface area contributed by atoms with E-state index in [1.54, 1.807) is 0 Å². The zero-order valence-electron chi connectivity index (χ0n) is 17.3. The maximum Gasteiger partial charge on any atom is 0.465 e. The number of hydrogen-bond acceptors (Lipinski definition) is 5. The number of esters is 2. The molecule has 1 rings (SSSR count). The smallest absolute Gasteiger partial charge is 0.451 e. The molecular weight excluding hydrogens is 583 g/mol. The molecule has 1 aromatic rings.